The minimum Gasteiger partial charge on any atom is -0.370 e. The Kier molecular flexibility index (Phi) is 5.34. The first-order valence-corrected chi connectivity index (χ1v) is 10.0. The van der Waals surface area contributed by atoms with Crippen molar-refractivity contribution in [2.75, 3.05) is 36.1 Å². The van der Waals surface area contributed by atoms with Crippen LogP contribution in [0.25, 0.3) is 0 Å². The van der Waals surface area contributed by atoms with Crippen molar-refractivity contribution in [3.05, 3.63) is 46.2 Å². The molecule has 148 valence electrons. The van der Waals surface area contributed by atoms with Gasteiger partial charge < -0.3 is 19.9 Å². The summed E-state index contributed by atoms with van der Waals surface area (Å²) >= 11 is 1.25. The zero-order chi connectivity index (χ0) is 20.4. The van der Waals surface area contributed by atoms with E-state index in [-0.39, 0.29) is 36.8 Å². The predicted octanol–water partition coefficient (Wildman–Crippen LogP) is 1.63. The molecule has 3 amide bonds. The number of amides is 3. The predicted molar refractivity (Wildman–Crippen MR) is 110 cm³/mol. The van der Waals surface area contributed by atoms with Crippen LogP contribution in [-0.2, 0) is 14.3 Å². The van der Waals surface area contributed by atoms with Gasteiger partial charge in [-0.2, -0.15) is 0 Å². The first-order chi connectivity index (χ1) is 14.0. The van der Waals surface area contributed by atoms with E-state index < -0.39 is 0 Å². The molecule has 1 aromatic heterocycles. The minimum atomic E-state index is -0.271. The number of benzene rings is 1. The summed E-state index contributed by atoms with van der Waals surface area (Å²) < 4.78 is 5.15. The number of morpholine rings is 1. The number of anilines is 2. The van der Waals surface area contributed by atoms with Crippen molar-refractivity contribution in [2.24, 2.45) is 0 Å². The Balaban J connectivity index is 1.40. The normalized spacial score (nSPS) is 19.3. The van der Waals surface area contributed by atoms with E-state index in [4.69, 9.17) is 11.2 Å². The summed E-state index contributed by atoms with van der Waals surface area (Å²) in [5.41, 5.74) is 1.52. The Hall–Kier alpha value is -3.15. The molecule has 0 bridgehead atoms. The van der Waals surface area contributed by atoms with E-state index >= 15 is 0 Å². The van der Waals surface area contributed by atoms with E-state index in [9.17, 15) is 14.4 Å². The maximum atomic E-state index is 12.5. The molecule has 2 saturated heterocycles. The van der Waals surface area contributed by atoms with Gasteiger partial charge in [-0.1, -0.05) is 5.92 Å². The molecular formula is C21H19N3O4S. The second-order valence-corrected chi connectivity index (χ2v) is 7.89. The summed E-state index contributed by atoms with van der Waals surface area (Å²) in [7, 11) is 0. The number of hydrogen-bond acceptors (Lipinski definition) is 5. The van der Waals surface area contributed by atoms with Crippen LogP contribution in [0.5, 0.6) is 0 Å². The van der Waals surface area contributed by atoms with Gasteiger partial charge >= 0.3 is 0 Å². The summed E-state index contributed by atoms with van der Waals surface area (Å²) in [6.07, 6.45) is 5.58. The molecular weight excluding hydrogens is 390 g/mol. The lowest BCUT2D eigenvalue weighted by molar-refractivity contribution is -0.125. The van der Waals surface area contributed by atoms with Gasteiger partial charge in [0.2, 0.25) is 5.91 Å². The number of nitrogens with one attached hydrogen (secondary N) is 1. The molecule has 1 atom stereocenters. The van der Waals surface area contributed by atoms with Gasteiger partial charge in [0.05, 0.1) is 22.4 Å². The fourth-order valence-corrected chi connectivity index (χ4v) is 4.17. The molecule has 2 aliphatic heterocycles. The quantitative estimate of drug-likeness (QED) is 0.779. The van der Waals surface area contributed by atoms with E-state index in [1.165, 1.54) is 11.3 Å². The Labute approximate surface area is 172 Å². The first-order valence-electron chi connectivity index (χ1n) is 9.21. The minimum absolute atomic E-state index is 0.0546. The van der Waals surface area contributed by atoms with Crippen LogP contribution >= 0.6 is 11.3 Å². The molecule has 4 rings (SSSR count). The number of carbonyl (C=O) groups excluding carboxylic acids is 3. The third kappa shape index (κ3) is 4.01. The van der Waals surface area contributed by atoms with Crippen LogP contribution in [0, 0.1) is 12.3 Å². The highest BCUT2D eigenvalue weighted by molar-refractivity contribution is 7.14. The van der Waals surface area contributed by atoms with Crippen molar-refractivity contribution < 1.29 is 19.1 Å². The number of rotatable bonds is 4. The van der Waals surface area contributed by atoms with Gasteiger partial charge in [-0.3, -0.25) is 14.4 Å². The lowest BCUT2D eigenvalue weighted by Gasteiger charge is -2.27. The summed E-state index contributed by atoms with van der Waals surface area (Å²) in [6, 6.07) is 10.4. The molecule has 29 heavy (non-hydrogen) atoms. The molecule has 8 heteroatoms. The van der Waals surface area contributed by atoms with Crippen molar-refractivity contribution in [2.45, 2.75) is 12.5 Å². The van der Waals surface area contributed by atoms with Gasteiger partial charge in [-0.25, -0.2) is 0 Å². The highest BCUT2D eigenvalue weighted by atomic mass is 32.1. The van der Waals surface area contributed by atoms with Gasteiger partial charge in [-0.15, -0.1) is 17.8 Å². The first kappa shape index (κ1) is 19.2. The van der Waals surface area contributed by atoms with Crippen LogP contribution in [0.15, 0.2) is 36.4 Å². The number of terminal acetylenes is 1. The smallest absolute Gasteiger partial charge is 0.261 e. The molecule has 2 aliphatic rings. The summed E-state index contributed by atoms with van der Waals surface area (Å²) in [4.78, 5) is 41.4. The van der Waals surface area contributed by atoms with Gasteiger partial charge in [0.15, 0.2) is 0 Å². The lowest BCUT2D eigenvalue weighted by Crippen LogP contribution is -2.41. The van der Waals surface area contributed by atoms with E-state index in [2.05, 4.69) is 11.2 Å². The van der Waals surface area contributed by atoms with Crippen molar-refractivity contribution >= 4 is 40.4 Å². The number of nitrogens with zero attached hydrogens (tertiary/aromatic N) is 2. The Morgan fingerprint density at radius 1 is 1.10 bits per heavy atom. The number of carbonyl (C=O) groups is 3. The average molecular weight is 409 g/mol. The van der Waals surface area contributed by atoms with Crippen molar-refractivity contribution in [3.8, 4) is 12.3 Å². The summed E-state index contributed by atoms with van der Waals surface area (Å²) in [6.45, 7) is 1.50. The van der Waals surface area contributed by atoms with Crippen LogP contribution in [-0.4, -0.2) is 50.1 Å². The summed E-state index contributed by atoms with van der Waals surface area (Å²) in [5.74, 6) is 2.15. The highest BCUT2D eigenvalue weighted by Crippen LogP contribution is 2.26. The molecule has 3 heterocycles. The van der Waals surface area contributed by atoms with Gasteiger partial charge in [0, 0.05) is 30.9 Å². The van der Waals surface area contributed by atoms with E-state index in [1.54, 1.807) is 21.9 Å². The third-order valence-electron chi connectivity index (χ3n) is 4.89. The Morgan fingerprint density at radius 2 is 1.83 bits per heavy atom. The molecule has 1 N–H and O–H groups in total. The fourth-order valence-electron chi connectivity index (χ4n) is 3.45. The number of thiophene rings is 1. The zero-order valence-electron chi connectivity index (χ0n) is 15.6. The maximum absolute atomic E-state index is 12.5. The van der Waals surface area contributed by atoms with Crippen molar-refractivity contribution in [1.29, 1.82) is 0 Å². The number of ether oxygens (including phenoxy) is 1. The van der Waals surface area contributed by atoms with Crippen LogP contribution in [0.4, 0.5) is 11.4 Å². The average Bonchev–Trinajstić information content (AvgIpc) is 3.35. The zero-order valence-corrected chi connectivity index (χ0v) is 16.4. The largest absolute Gasteiger partial charge is 0.370 e. The van der Waals surface area contributed by atoms with Crippen LogP contribution in [0.3, 0.4) is 0 Å². The molecule has 7 nitrogen and oxygen atoms in total. The van der Waals surface area contributed by atoms with Crippen molar-refractivity contribution in [1.82, 2.24) is 5.32 Å². The molecule has 0 radical (unpaired) electrons. The molecule has 2 fully saturated rings. The van der Waals surface area contributed by atoms with Gasteiger partial charge in [-0.05, 0) is 36.4 Å². The SMILES string of the molecule is C#Cc1ccc(C(=O)N[C@@H]2CC(=O)N(c3ccc(N4CCOCC4=O)cc3)C2)s1. The maximum Gasteiger partial charge on any atom is 0.261 e. The Morgan fingerprint density at radius 3 is 2.48 bits per heavy atom. The molecule has 1 aromatic carbocycles. The fraction of sp³-hybridized carbons (Fsp3) is 0.286. The second kappa shape index (κ2) is 8.07. The van der Waals surface area contributed by atoms with E-state index in [1.807, 2.05) is 24.3 Å². The molecule has 0 aliphatic carbocycles. The molecule has 0 unspecified atom stereocenters. The van der Waals surface area contributed by atoms with Crippen LogP contribution in [0.2, 0.25) is 0 Å². The Bertz CT molecular complexity index is 992. The molecule has 0 spiro atoms. The van der Waals surface area contributed by atoms with Gasteiger partial charge in [0.1, 0.15) is 6.61 Å². The standard InChI is InChI=1S/C21H19N3O4S/c1-2-17-7-8-18(29-17)21(27)22-14-11-19(25)24(12-14)16-5-3-15(4-6-16)23-9-10-28-13-20(23)26/h1,3-8,14H,9-13H2,(H,22,27)/t14-/m1/s1. The lowest BCUT2D eigenvalue weighted by atomic mass is 10.2. The van der Waals surface area contributed by atoms with Gasteiger partial charge in [0.25, 0.3) is 11.8 Å². The summed E-state index contributed by atoms with van der Waals surface area (Å²) in [5, 5.41) is 2.91. The molecule has 0 saturated carbocycles. The third-order valence-corrected chi connectivity index (χ3v) is 5.91. The topological polar surface area (TPSA) is 79.0 Å². The van der Waals surface area contributed by atoms with E-state index in [0.29, 0.717) is 29.5 Å². The van der Waals surface area contributed by atoms with Crippen LogP contribution in [0.1, 0.15) is 21.0 Å². The second-order valence-electron chi connectivity index (χ2n) is 6.80. The monoisotopic (exact) mass is 409 g/mol. The molecule has 2 aromatic rings. The van der Waals surface area contributed by atoms with Crippen molar-refractivity contribution in [3.63, 3.8) is 0 Å². The van der Waals surface area contributed by atoms with E-state index in [0.717, 1.165) is 11.4 Å². The number of hydrogen-bond donors (Lipinski definition) is 1. The van der Waals surface area contributed by atoms with Crippen LogP contribution < -0.4 is 15.1 Å². The highest BCUT2D eigenvalue weighted by Gasteiger charge is 2.32.